The van der Waals surface area contributed by atoms with Crippen LogP contribution in [0.25, 0.3) is 0 Å². The highest BCUT2D eigenvalue weighted by atomic mass is 15.6. The third kappa shape index (κ3) is 7.92. The average molecular weight is 460 g/mol. The molecule has 0 spiro atoms. The summed E-state index contributed by atoms with van der Waals surface area (Å²) in [5, 5.41) is 5.70. The monoisotopic (exact) mass is 459 g/mol. The van der Waals surface area contributed by atoms with Crippen LogP contribution in [0.3, 0.4) is 0 Å². The molecule has 1 aromatic rings. The van der Waals surface area contributed by atoms with Crippen LogP contribution in [-0.2, 0) is 0 Å². The molecule has 0 bridgehead atoms. The molecule has 1 atom stereocenters. The van der Waals surface area contributed by atoms with Crippen LogP contribution in [-0.4, -0.2) is 36.3 Å². The first-order valence-electron chi connectivity index (χ1n) is 12.0. The van der Waals surface area contributed by atoms with Crippen LogP contribution in [0, 0.1) is 6.92 Å². The Morgan fingerprint density at radius 1 is 1.26 bits per heavy atom. The minimum absolute atomic E-state index is 0.102. The maximum absolute atomic E-state index is 4.19. The largest absolute Gasteiger partial charge is 0.358 e. The van der Waals surface area contributed by atoms with Gasteiger partial charge in [-0.05, 0) is 63.0 Å². The van der Waals surface area contributed by atoms with Gasteiger partial charge in [0.15, 0.2) is 0 Å². The van der Waals surface area contributed by atoms with E-state index in [1.165, 1.54) is 16.7 Å². The molecule has 1 aliphatic heterocycles. The lowest BCUT2D eigenvalue weighted by Gasteiger charge is -2.31. The quantitative estimate of drug-likeness (QED) is 0.211. The molecule has 1 heterocycles. The number of hydrogen-bond donors (Lipinski definition) is 2. The van der Waals surface area contributed by atoms with Crippen LogP contribution in [0.5, 0.6) is 0 Å². The average Bonchev–Trinajstić information content (AvgIpc) is 3.31. The Hall–Kier alpha value is -3.31. The fraction of sp³-hybridized carbons (Fsp3) is 0.345. The van der Waals surface area contributed by atoms with Gasteiger partial charge in [-0.2, -0.15) is 0 Å². The first kappa shape index (κ1) is 26.9. The van der Waals surface area contributed by atoms with E-state index in [9.17, 15) is 0 Å². The van der Waals surface area contributed by atoms with Crippen molar-refractivity contribution in [2.24, 2.45) is 4.99 Å². The number of allylic oxidation sites excluding steroid dienone is 5. The molecule has 0 saturated heterocycles. The maximum atomic E-state index is 4.19. The van der Waals surface area contributed by atoms with Crippen LogP contribution in [0.4, 0.5) is 0 Å². The number of nitrogens with zero attached hydrogens (tertiary/aromatic N) is 3. The van der Waals surface area contributed by atoms with Gasteiger partial charge in [0.2, 0.25) is 0 Å². The van der Waals surface area contributed by atoms with Crippen LogP contribution in [0.1, 0.15) is 50.8 Å². The second-order valence-electron chi connectivity index (χ2n) is 8.57. The summed E-state index contributed by atoms with van der Waals surface area (Å²) in [5.41, 5.74) is 8.39. The summed E-state index contributed by atoms with van der Waals surface area (Å²) in [6.07, 6.45) is 16.0. The number of aryl methyl sites for hydroxylation is 1. The lowest BCUT2D eigenvalue weighted by atomic mass is 10.1. The van der Waals surface area contributed by atoms with E-state index < -0.39 is 0 Å². The molecule has 182 valence electrons. The van der Waals surface area contributed by atoms with Gasteiger partial charge in [0.25, 0.3) is 0 Å². The van der Waals surface area contributed by atoms with Crippen molar-refractivity contribution in [3.63, 3.8) is 0 Å². The Morgan fingerprint density at radius 3 is 2.68 bits per heavy atom. The molecule has 5 nitrogen and oxygen atoms in total. The molecule has 34 heavy (non-hydrogen) atoms. The molecule has 0 aliphatic carbocycles. The third-order valence-electron chi connectivity index (χ3n) is 5.53. The zero-order valence-electron chi connectivity index (χ0n) is 21.5. The second-order valence-corrected chi connectivity index (χ2v) is 8.57. The summed E-state index contributed by atoms with van der Waals surface area (Å²) < 4.78 is 0. The Bertz CT molecular complexity index is 976. The topological polar surface area (TPSA) is 42.9 Å². The van der Waals surface area contributed by atoms with Gasteiger partial charge in [0, 0.05) is 32.6 Å². The summed E-state index contributed by atoms with van der Waals surface area (Å²) in [6.45, 7) is 18.3. The van der Waals surface area contributed by atoms with Gasteiger partial charge in [0.05, 0.1) is 6.04 Å². The maximum Gasteiger partial charge on any atom is 0.127 e. The van der Waals surface area contributed by atoms with E-state index in [0.717, 1.165) is 43.1 Å². The van der Waals surface area contributed by atoms with E-state index in [4.69, 9.17) is 0 Å². The Kier molecular flexibility index (Phi) is 11.1. The molecule has 2 rings (SSSR count). The van der Waals surface area contributed by atoms with Crippen LogP contribution in [0.2, 0.25) is 0 Å². The van der Waals surface area contributed by atoms with E-state index in [-0.39, 0.29) is 6.04 Å². The molecular weight excluding hydrogens is 418 g/mol. The summed E-state index contributed by atoms with van der Waals surface area (Å²) in [5.74, 6) is 1.91. The van der Waals surface area contributed by atoms with E-state index in [1.54, 1.807) is 13.3 Å². The molecule has 0 amide bonds. The van der Waals surface area contributed by atoms with Gasteiger partial charge in [-0.3, -0.25) is 10.0 Å². The summed E-state index contributed by atoms with van der Waals surface area (Å²) in [6, 6.07) is 8.68. The van der Waals surface area contributed by atoms with Crippen molar-refractivity contribution in [3.05, 3.63) is 108 Å². The van der Waals surface area contributed by atoms with Crippen LogP contribution >= 0.6 is 0 Å². The SMILES string of the molecule is C=CCCN(CCC)/C(=C\C(C=C)=C(C)C)NC(=CC=NC)N1C=CC(c2cccc(C)c2)N1. The summed E-state index contributed by atoms with van der Waals surface area (Å²) in [4.78, 5) is 6.55. The first-order chi connectivity index (χ1) is 16.4. The normalized spacial score (nSPS) is 16.1. The van der Waals surface area contributed by atoms with Crippen molar-refractivity contribution in [1.82, 2.24) is 20.7 Å². The van der Waals surface area contributed by atoms with E-state index in [1.807, 2.05) is 23.2 Å². The van der Waals surface area contributed by atoms with Gasteiger partial charge >= 0.3 is 0 Å². The van der Waals surface area contributed by atoms with Crippen molar-refractivity contribution in [2.45, 2.75) is 46.6 Å². The molecule has 1 unspecified atom stereocenters. The number of benzene rings is 1. The Morgan fingerprint density at radius 2 is 2.06 bits per heavy atom. The molecule has 0 radical (unpaired) electrons. The highest BCUT2D eigenvalue weighted by Crippen LogP contribution is 2.23. The van der Waals surface area contributed by atoms with Gasteiger partial charge < -0.3 is 10.2 Å². The molecular formula is C29H41N5. The molecule has 0 aromatic heterocycles. The molecule has 0 saturated carbocycles. The van der Waals surface area contributed by atoms with Crippen molar-refractivity contribution in [3.8, 4) is 0 Å². The molecule has 1 aromatic carbocycles. The lowest BCUT2D eigenvalue weighted by Crippen LogP contribution is -2.40. The van der Waals surface area contributed by atoms with E-state index >= 15 is 0 Å². The number of hydrogen-bond acceptors (Lipinski definition) is 5. The van der Waals surface area contributed by atoms with Gasteiger partial charge in [0.1, 0.15) is 11.6 Å². The smallest absolute Gasteiger partial charge is 0.127 e. The van der Waals surface area contributed by atoms with Gasteiger partial charge in [-0.25, -0.2) is 5.43 Å². The molecule has 2 N–H and O–H groups in total. The number of nitrogens with one attached hydrogen (secondary N) is 2. The standard InChI is InChI=1S/C29H41N5/c1-8-11-19-33(18-9-2)29(22-25(10-3)23(4)5)31-28(15-17-30-7)34-20-16-27(32-34)26-14-12-13-24(6)21-26/h8,10,12-17,20-22,27,31-32H,1,3,9,11,18-19H2,2,4-7H3/b28-15?,29-22-,30-17?. The number of aliphatic imine (C=N–C) groups is 1. The zero-order chi connectivity index (χ0) is 24.9. The van der Waals surface area contributed by atoms with Gasteiger partial charge in [-0.1, -0.05) is 61.1 Å². The third-order valence-corrected chi connectivity index (χ3v) is 5.53. The number of hydrazine groups is 1. The van der Waals surface area contributed by atoms with Crippen LogP contribution in [0.15, 0.2) is 102 Å². The van der Waals surface area contributed by atoms with Crippen molar-refractivity contribution >= 4 is 6.21 Å². The second kappa shape index (κ2) is 14.1. The predicted octanol–water partition coefficient (Wildman–Crippen LogP) is 6.15. The van der Waals surface area contributed by atoms with Crippen LogP contribution < -0.4 is 10.7 Å². The summed E-state index contributed by atoms with van der Waals surface area (Å²) >= 11 is 0. The Balaban J connectivity index is 2.39. The van der Waals surface area contributed by atoms with E-state index in [2.05, 4.69) is 104 Å². The van der Waals surface area contributed by atoms with Crippen molar-refractivity contribution < 1.29 is 0 Å². The highest BCUT2D eigenvalue weighted by Gasteiger charge is 2.21. The highest BCUT2D eigenvalue weighted by molar-refractivity contribution is 5.71. The molecule has 1 aliphatic rings. The first-order valence-corrected chi connectivity index (χ1v) is 12.0. The lowest BCUT2D eigenvalue weighted by molar-refractivity contribution is 0.290. The van der Waals surface area contributed by atoms with E-state index in [0.29, 0.717) is 0 Å². The fourth-order valence-corrected chi connectivity index (χ4v) is 3.70. The molecule has 0 fully saturated rings. The minimum Gasteiger partial charge on any atom is -0.358 e. The van der Waals surface area contributed by atoms with Crippen molar-refractivity contribution in [2.75, 3.05) is 20.1 Å². The zero-order valence-corrected chi connectivity index (χ0v) is 21.5. The van der Waals surface area contributed by atoms with Crippen molar-refractivity contribution in [1.29, 1.82) is 0 Å². The summed E-state index contributed by atoms with van der Waals surface area (Å²) in [7, 11) is 1.78. The predicted molar refractivity (Wildman–Crippen MR) is 147 cm³/mol. The Labute approximate surface area is 206 Å². The minimum atomic E-state index is 0.102. The fourth-order valence-electron chi connectivity index (χ4n) is 3.70. The number of rotatable bonds is 13. The molecule has 5 heteroatoms. The van der Waals surface area contributed by atoms with Gasteiger partial charge in [-0.15, -0.1) is 6.58 Å².